The topological polar surface area (TPSA) is 76.1 Å². The lowest BCUT2D eigenvalue weighted by atomic mass is 9.86. The first-order valence-electron chi connectivity index (χ1n) is 19.0. The first kappa shape index (κ1) is 35.3. The van der Waals surface area contributed by atoms with Crippen molar-refractivity contribution < 1.29 is 23.9 Å². The predicted octanol–water partition coefficient (Wildman–Crippen LogP) is 6.64. The number of carbonyl (C=O) groups excluding carboxylic acids is 3. The molecule has 0 N–H and O–H groups in total. The lowest BCUT2D eigenvalue weighted by molar-refractivity contribution is -0.143. The number of para-hydroxylation sites is 1. The van der Waals surface area contributed by atoms with Gasteiger partial charge in [-0.15, -0.1) is 0 Å². The number of nitrogens with zero attached hydrogens (tertiary/aromatic N) is 2. The Morgan fingerprint density at radius 2 is 1.50 bits per heavy atom. The molecule has 0 radical (unpaired) electrons. The lowest BCUT2D eigenvalue weighted by Gasteiger charge is -2.36. The van der Waals surface area contributed by atoms with Crippen LogP contribution in [0.4, 0.5) is 5.69 Å². The molecule has 7 nitrogen and oxygen atoms in total. The van der Waals surface area contributed by atoms with Gasteiger partial charge in [-0.1, -0.05) is 103 Å². The summed E-state index contributed by atoms with van der Waals surface area (Å²) in [6.45, 7) is 3.71. The van der Waals surface area contributed by atoms with Crippen molar-refractivity contribution in [2.24, 2.45) is 5.92 Å². The fraction of sp³-hybridized carbons (Fsp3) is 0.255. The van der Waals surface area contributed by atoms with E-state index in [4.69, 9.17) is 9.47 Å². The number of hydrogen-bond acceptors (Lipinski definition) is 7. The Morgan fingerprint density at radius 1 is 0.759 bits per heavy atom. The van der Waals surface area contributed by atoms with E-state index >= 15 is 0 Å². The first-order chi connectivity index (χ1) is 26.4. The maximum Gasteiger partial charge on any atom is 0.337 e. The zero-order valence-electron chi connectivity index (χ0n) is 30.6. The van der Waals surface area contributed by atoms with E-state index in [1.807, 2.05) is 18.2 Å². The van der Waals surface area contributed by atoms with Crippen LogP contribution < -0.4 is 15.3 Å². The summed E-state index contributed by atoms with van der Waals surface area (Å²) in [4.78, 5) is 42.2. The van der Waals surface area contributed by atoms with Gasteiger partial charge in [0, 0.05) is 30.0 Å². The summed E-state index contributed by atoms with van der Waals surface area (Å²) in [5, 5.41) is 5.01. The van der Waals surface area contributed by atoms with Crippen LogP contribution in [0.2, 0.25) is 0 Å². The van der Waals surface area contributed by atoms with Crippen molar-refractivity contribution in [1.29, 1.82) is 0 Å². The van der Waals surface area contributed by atoms with Crippen LogP contribution in [0, 0.1) is 16.4 Å². The largest absolute Gasteiger partial charge is 0.455 e. The minimum Gasteiger partial charge on any atom is -0.455 e. The minimum absolute atomic E-state index is 0.135. The molecular formula is C47H44N2O5. The SMILES string of the molecule is CC(=O)COC(=O)/C=C/C(=O)OC1=C(C2CCN(Cc3ccccc3)CC2)C=Cc2ccccc2N1C1=c2ccc3c(c2CCC1)CC=c1ccccc1=3. The molecule has 54 heavy (non-hydrogen) atoms. The Kier molecular flexibility index (Phi) is 10.2. The molecule has 272 valence electrons. The molecule has 7 heteroatoms. The van der Waals surface area contributed by atoms with Crippen LogP contribution in [0.1, 0.15) is 54.9 Å². The highest BCUT2D eigenvalue weighted by atomic mass is 16.6. The number of anilines is 1. The maximum absolute atomic E-state index is 13.8. The number of Topliss-reactive ketones (excluding diaryl/α,β-unsaturated/α-hetero) is 1. The summed E-state index contributed by atoms with van der Waals surface area (Å²) < 4.78 is 11.4. The number of esters is 2. The highest BCUT2D eigenvalue weighted by Crippen LogP contribution is 2.41. The van der Waals surface area contributed by atoms with Crippen LogP contribution in [0.3, 0.4) is 0 Å². The van der Waals surface area contributed by atoms with Gasteiger partial charge < -0.3 is 9.47 Å². The molecule has 2 heterocycles. The highest BCUT2D eigenvalue weighted by Gasteiger charge is 2.33. The van der Waals surface area contributed by atoms with Gasteiger partial charge in [-0.3, -0.25) is 14.6 Å². The summed E-state index contributed by atoms with van der Waals surface area (Å²) in [5.41, 5.74) is 8.05. The summed E-state index contributed by atoms with van der Waals surface area (Å²) >= 11 is 0. The van der Waals surface area contributed by atoms with Gasteiger partial charge in [0.15, 0.2) is 5.78 Å². The van der Waals surface area contributed by atoms with Crippen molar-refractivity contribution in [2.45, 2.75) is 52.0 Å². The maximum atomic E-state index is 13.8. The van der Waals surface area contributed by atoms with Crippen LogP contribution in [-0.4, -0.2) is 42.3 Å². The monoisotopic (exact) mass is 716 g/mol. The molecule has 4 aliphatic rings. The van der Waals surface area contributed by atoms with E-state index in [0.29, 0.717) is 5.88 Å². The zero-order chi connectivity index (χ0) is 37.0. The lowest BCUT2D eigenvalue weighted by Crippen LogP contribution is -2.37. The molecule has 0 amide bonds. The van der Waals surface area contributed by atoms with Crippen molar-refractivity contribution in [3.63, 3.8) is 0 Å². The summed E-state index contributed by atoms with van der Waals surface area (Å²) in [6.07, 6.45) is 14.2. The van der Waals surface area contributed by atoms with E-state index in [9.17, 15) is 14.4 Å². The third-order valence-corrected chi connectivity index (χ3v) is 10.9. The Labute approximate surface area is 315 Å². The van der Waals surface area contributed by atoms with Crippen molar-refractivity contribution in [2.75, 3.05) is 24.6 Å². The van der Waals surface area contributed by atoms with Crippen molar-refractivity contribution >= 4 is 41.3 Å². The molecule has 0 spiro atoms. The molecule has 2 aliphatic carbocycles. The van der Waals surface area contributed by atoms with E-state index in [1.54, 1.807) is 0 Å². The fourth-order valence-electron chi connectivity index (χ4n) is 8.40. The van der Waals surface area contributed by atoms with Crippen LogP contribution >= 0.6 is 0 Å². The Morgan fingerprint density at radius 3 is 2.33 bits per heavy atom. The predicted molar refractivity (Wildman–Crippen MR) is 211 cm³/mol. The molecule has 2 aliphatic heterocycles. The fourth-order valence-corrected chi connectivity index (χ4v) is 8.40. The number of hydrogen-bond donors (Lipinski definition) is 0. The second-order valence-corrected chi connectivity index (χ2v) is 14.5. The molecule has 4 aromatic carbocycles. The highest BCUT2D eigenvalue weighted by molar-refractivity contribution is 5.94. The normalized spacial score (nSPS) is 16.8. The standard InChI is InChI=1S/C47H44N2O5/c1-32(50)31-53-45(51)24-25-46(52)54-47-38(35-26-28-48(29-27-35)30-33-10-3-2-4-11-33)20-19-36-13-6-8-16-43(36)49(47)44-17-9-15-39-41-21-18-34-12-5-7-14-37(34)40(41)22-23-42(39)44/h2-8,10-14,16,18-20,22-25,35H,9,15,17,21,26-31H2,1H3/b25-24+. The first-order valence-corrected chi connectivity index (χ1v) is 19.0. The number of rotatable bonds is 9. The molecule has 8 rings (SSSR count). The summed E-state index contributed by atoms with van der Waals surface area (Å²) in [5.74, 6) is -1.13. The summed E-state index contributed by atoms with van der Waals surface area (Å²) in [7, 11) is 0. The Hall–Kier alpha value is -5.79. The molecule has 0 atom stereocenters. The van der Waals surface area contributed by atoms with Gasteiger partial charge in [-0.05, 0) is 114 Å². The molecular weight excluding hydrogens is 673 g/mol. The van der Waals surface area contributed by atoms with Gasteiger partial charge in [0.25, 0.3) is 0 Å². The molecule has 0 saturated carbocycles. The number of piperidine rings is 1. The smallest absolute Gasteiger partial charge is 0.337 e. The minimum atomic E-state index is -0.774. The molecule has 1 fully saturated rings. The van der Waals surface area contributed by atoms with Crippen LogP contribution in [0.15, 0.2) is 121 Å². The Bertz CT molecular complexity index is 2440. The van der Waals surface area contributed by atoms with Gasteiger partial charge >= 0.3 is 11.9 Å². The Balaban J connectivity index is 1.24. The van der Waals surface area contributed by atoms with Crippen LogP contribution in [-0.2, 0) is 43.2 Å². The van der Waals surface area contributed by atoms with Crippen molar-refractivity contribution in [3.05, 3.63) is 164 Å². The van der Waals surface area contributed by atoms with E-state index < -0.39 is 11.9 Å². The van der Waals surface area contributed by atoms with Gasteiger partial charge in [-0.2, -0.15) is 0 Å². The molecule has 4 aromatic rings. The summed E-state index contributed by atoms with van der Waals surface area (Å²) in [6, 6.07) is 32.0. The number of ether oxygens (including phenoxy) is 2. The van der Waals surface area contributed by atoms with E-state index in [0.717, 1.165) is 92.8 Å². The zero-order valence-corrected chi connectivity index (χ0v) is 30.6. The van der Waals surface area contributed by atoms with Gasteiger partial charge in [0.1, 0.15) is 6.61 Å². The average Bonchev–Trinajstić information content (AvgIpc) is 3.36. The molecule has 0 bridgehead atoms. The third-order valence-electron chi connectivity index (χ3n) is 10.9. The number of fused-ring (bicyclic) bond motifs is 5. The number of ketones is 1. The average molecular weight is 717 g/mol. The van der Waals surface area contributed by atoms with Gasteiger partial charge in [0.05, 0.1) is 5.69 Å². The second kappa shape index (κ2) is 15.7. The van der Waals surface area contributed by atoms with Gasteiger partial charge in [0.2, 0.25) is 5.88 Å². The van der Waals surface area contributed by atoms with Gasteiger partial charge in [-0.25, -0.2) is 9.59 Å². The third kappa shape index (κ3) is 7.37. The molecule has 0 unspecified atom stereocenters. The van der Waals surface area contributed by atoms with E-state index in [2.05, 4.69) is 101 Å². The number of carbonyl (C=O) groups is 3. The van der Waals surface area contributed by atoms with Crippen molar-refractivity contribution in [1.82, 2.24) is 4.90 Å². The van der Waals surface area contributed by atoms with E-state index in [-0.39, 0.29) is 18.3 Å². The quantitative estimate of drug-likeness (QED) is 0.142. The van der Waals surface area contributed by atoms with Crippen LogP contribution in [0.5, 0.6) is 0 Å². The second-order valence-electron chi connectivity index (χ2n) is 14.5. The number of allylic oxidation sites excluding steroid dienone is 2. The molecule has 0 aromatic heterocycles. The van der Waals surface area contributed by atoms with E-state index in [1.165, 1.54) is 44.5 Å². The van der Waals surface area contributed by atoms with Crippen LogP contribution in [0.25, 0.3) is 17.8 Å². The van der Waals surface area contributed by atoms with Crippen molar-refractivity contribution in [3.8, 4) is 0 Å². The molecule has 1 saturated heterocycles. The number of benzene rings is 4. The number of likely N-dealkylation sites (tertiary alicyclic amines) is 1.